The predicted molar refractivity (Wildman–Crippen MR) is 119 cm³/mol. The van der Waals surface area contributed by atoms with E-state index in [4.69, 9.17) is 10.2 Å². The lowest BCUT2D eigenvalue weighted by Crippen LogP contribution is -2.47. The first-order valence-electron chi connectivity index (χ1n) is 10.8. The number of nitrogens with one attached hydrogen (secondary N) is 4. The largest absolute Gasteiger partial charge is 0.367 e. The van der Waals surface area contributed by atoms with Gasteiger partial charge in [0.1, 0.15) is 11.6 Å². The molecule has 2 aliphatic heterocycles. The third-order valence-corrected chi connectivity index (χ3v) is 6.39. The summed E-state index contributed by atoms with van der Waals surface area (Å²) in [6.45, 7) is 2.80. The van der Waals surface area contributed by atoms with Crippen molar-refractivity contribution < 1.29 is 0 Å². The minimum absolute atomic E-state index is 0.143. The lowest BCUT2D eigenvalue weighted by Gasteiger charge is -2.39. The number of piperidine rings is 1. The zero-order valence-electron chi connectivity index (χ0n) is 17.5. The van der Waals surface area contributed by atoms with Gasteiger partial charge in [0.25, 0.3) is 0 Å². The van der Waals surface area contributed by atoms with Gasteiger partial charge < -0.3 is 15.6 Å². The third-order valence-electron chi connectivity index (χ3n) is 6.39. The number of anilines is 3. The summed E-state index contributed by atoms with van der Waals surface area (Å²) in [6, 6.07) is 10.7. The number of nitrogens with zero attached hydrogens (tertiary/aromatic N) is 4. The quantitative estimate of drug-likeness (QED) is 0.485. The van der Waals surface area contributed by atoms with Crippen LogP contribution in [0.15, 0.2) is 29.1 Å². The topological polar surface area (TPSA) is 126 Å². The molecular formula is C22H26N8O. The molecule has 3 atom stereocenters. The average Bonchev–Trinajstić information content (AvgIpc) is 3.25. The Labute approximate surface area is 179 Å². The maximum atomic E-state index is 11.9. The summed E-state index contributed by atoms with van der Waals surface area (Å²) in [7, 11) is 0. The van der Waals surface area contributed by atoms with Gasteiger partial charge in [-0.25, -0.2) is 4.98 Å². The van der Waals surface area contributed by atoms with Gasteiger partial charge in [-0.2, -0.15) is 10.4 Å². The van der Waals surface area contributed by atoms with Crippen LogP contribution in [0.2, 0.25) is 0 Å². The van der Waals surface area contributed by atoms with Crippen LogP contribution in [0.5, 0.6) is 0 Å². The maximum absolute atomic E-state index is 11.9. The van der Waals surface area contributed by atoms with Gasteiger partial charge in [-0.1, -0.05) is 0 Å². The van der Waals surface area contributed by atoms with Crippen LogP contribution in [-0.2, 0) is 0 Å². The fourth-order valence-corrected chi connectivity index (χ4v) is 5.08. The van der Waals surface area contributed by atoms with Crippen molar-refractivity contribution >= 4 is 28.4 Å². The SMILES string of the molecule is Cc1cc(Nc2cc3[nH]c(=O)ccc3c(NC3C[C@H]4CC[C@@H](C3)N4CCC#N)n2)n[nH]1. The summed E-state index contributed by atoms with van der Waals surface area (Å²) in [5.74, 6) is 2.06. The molecular weight excluding hydrogens is 392 g/mol. The van der Waals surface area contributed by atoms with Crippen LogP contribution < -0.4 is 16.2 Å². The number of fused-ring (bicyclic) bond motifs is 3. The molecule has 1 unspecified atom stereocenters. The van der Waals surface area contributed by atoms with Gasteiger partial charge in [-0.05, 0) is 38.7 Å². The van der Waals surface area contributed by atoms with E-state index < -0.39 is 0 Å². The summed E-state index contributed by atoms with van der Waals surface area (Å²) in [4.78, 5) is 22.2. The lowest BCUT2D eigenvalue weighted by molar-refractivity contribution is 0.136. The zero-order valence-corrected chi connectivity index (χ0v) is 17.5. The van der Waals surface area contributed by atoms with Crippen LogP contribution in [0.1, 0.15) is 37.8 Å². The second-order valence-corrected chi connectivity index (χ2v) is 8.54. The molecule has 160 valence electrons. The van der Waals surface area contributed by atoms with Gasteiger partial charge in [-0.15, -0.1) is 0 Å². The molecule has 3 aromatic heterocycles. The Bertz CT molecular complexity index is 1180. The molecule has 0 radical (unpaired) electrons. The van der Waals surface area contributed by atoms with Crippen LogP contribution in [0.3, 0.4) is 0 Å². The number of rotatable bonds is 6. The molecule has 2 bridgehead atoms. The Morgan fingerprint density at radius 3 is 2.74 bits per heavy atom. The molecule has 5 heterocycles. The lowest BCUT2D eigenvalue weighted by atomic mass is 9.97. The molecule has 5 rings (SSSR count). The minimum atomic E-state index is -0.143. The van der Waals surface area contributed by atoms with E-state index in [0.29, 0.717) is 36.2 Å². The summed E-state index contributed by atoms with van der Waals surface area (Å²) in [5.41, 5.74) is 1.54. The van der Waals surface area contributed by atoms with E-state index in [2.05, 4.69) is 36.8 Å². The highest BCUT2D eigenvalue weighted by atomic mass is 16.1. The molecule has 0 saturated carbocycles. The van der Waals surface area contributed by atoms with Gasteiger partial charge in [0.05, 0.1) is 11.6 Å². The van der Waals surface area contributed by atoms with Crippen molar-refractivity contribution in [2.75, 3.05) is 17.2 Å². The molecule has 9 heteroatoms. The fraction of sp³-hybridized carbons (Fsp3) is 0.455. The first kappa shape index (κ1) is 19.6. The van der Waals surface area contributed by atoms with Crippen molar-refractivity contribution in [1.29, 1.82) is 5.26 Å². The number of pyridine rings is 2. The summed E-state index contributed by atoms with van der Waals surface area (Å²) < 4.78 is 0. The van der Waals surface area contributed by atoms with Gasteiger partial charge in [0.2, 0.25) is 5.56 Å². The van der Waals surface area contributed by atoms with Gasteiger partial charge in [-0.3, -0.25) is 14.8 Å². The Kier molecular flexibility index (Phi) is 5.08. The van der Waals surface area contributed by atoms with E-state index in [-0.39, 0.29) is 5.56 Å². The number of hydrogen-bond acceptors (Lipinski definition) is 7. The normalized spacial score (nSPS) is 23.0. The van der Waals surface area contributed by atoms with Crippen molar-refractivity contribution in [1.82, 2.24) is 25.1 Å². The van der Waals surface area contributed by atoms with E-state index in [0.717, 1.165) is 41.8 Å². The smallest absolute Gasteiger partial charge is 0.248 e. The van der Waals surface area contributed by atoms with Crippen molar-refractivity contribution in [2.24, 2.45) is 0 Å². The van der Waals surface area contributed by atoms with Crippen molar-refractivity contribution in [3.63, 3.8) is 0 Å². The third kappa shape index (κ3) is 3.99. The second-order valence-electron chi connectivity index (χ2n) is 8.54. The summed E-state index contributed by atoms with van der Waals surface area (Å²) in [5, 5.41) is 23.9. The van der Waals surface area contributed by atoms with E-state index in [1.54, 1.807) is 0 Å². The van der Waals surface area contributed by atoms with E-state index in [9.17, 15) is 4.79 Å². The summed E-state index contributed by atoms with van der Waals surface area (Å²) in [6.07, 6.45) is 5.03. The van der Waals surface area contributed by atoms with E-state index >= 15 is 0 Å². The highest BCUT2D eigenvalue weighted by Crippen LogP contribution is 2.37. The average molecular weight is 419 g/mol. The van der Waals surface area contributed by atoms with E-state index in [1.165, 1.54) is 18.9 Å². The van der Waals surface area contributed by atoms with Crippen LogP contribution in [0, 0.1) is 18.3 Å². The number of aryl methyl sites for hydroxylation is 1. The molecule has 4 N–H and O–H groups in total. The summed E-state index contributed by atoms with van der Waals surface area (Å²) >= 11 is 0. The molecule has 31 heavy (non-hydrogen) atoms. The van der Waals surface area contributed by atoms with Crippen molar-refractivity contribution in [2.45, 2.75) is 57.2 Å². The molecule has 0 aromatic carbocycles. The Hall–Kier alpha value is -3.38. The predicted octanol–water partition coefficient (Wildman–Crippen LogP) is 3.02. The van der Waals surface area contributed by atoms with Crippen LogP contribution in [-0.4, -0.2) is 49.7 Å². The molecule has 9 nitrogen and oxygen atoms in total. The molecule has 2 fully saturated rings. The van der Waals surface area contributed by atoms with Gasteiger partial charge in [0.15, 0.2) is 5.82 Å². The molecule has 0 amide bonds. The monoisotopic (exact) mass is 418 g/mol. The standard InChI is InChI=1S/C22H26N8O/c1-13-9-20(29-28-13)26-19-12-18-17(5-6-21(31)25-18)22(27-19)24-14-10-15-3-4-16(11-14)30(15)8-2-7-23/h5-6,9,12,14-16H,2-4,8,10-11H2,1H3,(H,25,31)(H3,24,26,27,28,29)/t14?,15-,16+. The maximum Gasteiger partial charge on any atom is 0.248 e. The second kappa shape index (κ2) is 8.04. The van der Waals surface area contributed by atoms with Crippen LogP contribution >= 0.6 is 0 Å². The number of nitriles is 1. The molecule has 2 saturated heterocycles. The number of aromatic amines is 2. The van der Waals surface area contributed by atoms with Gasteiger partial charge >= 0.3 is 0 Å². The first-order chi connectivity index (χ1) is 15.1. The Morgan fingerprint density at radius 1 is 1.23 bits per heavy atom. The highest BCUT2D eigenvalue weighted by Gasteiger charge is 2.40. The number of hydrogen-bond donors (Lipinski definition) is 4. The van der Waals surface area contributed by atoms with Crippen LogP contribution in [0.4, 0.5) is 17.5 Å². The number of aromatic nitrogens is 4. The molecule has 0 spiro atoms. The first-order valence-corrected chi connectivity index (χ1v) is 10.8. The Balaban J connectivity index is 1.41. The number of H-pyrrole nitrogens is 2. The van der Waals surface area contributed by atoms with Crippen molar-refractivity contribution in [3.05, 3.63) is 40.3 Å². The molecule has 0 aliphatic carbocycles. The Morgan fingerprint density at radius 2 is 2.03 bits per heavy atom. The zero-order chi connectivity index (χ0) is 21.4. The van der Waals surface area contributed by atoms with Crippen molar-refractivity contribution in [3.8, 4) is 6.07 Å². The molecule has 3 aromatic rings. The fourth-order valence-electron chi connectivity index (χ4n) is 5.08. The van der Waals surface area contributed by atoms with Crippen LogP contribution in [0.25, 0.3) is 10.9 Å². The highest BCUT2D eigenvalue weighted by molar-refractivity contribution is 5.91. The van der Waals surface area contributed by atoms with E-state index in [1.807, 2.05) is 25.1 Å². The minimum Gasteiger partial charge on any atom is -0.367 e. The van der Waals surface area contributed by atoms with Gasteiger partial charge in [0, 0.05) is 60.4 Å². The molecule has 2 aliphatic rings.